The number of esters is 1. The Bertz CT molecular complexity index is 860. The molecule has 1 saturated carbocycles. The van der Waals surface area contributed by atoms with Gasteiger partial charge in [0, 0.05) is 5.92 Å². The number of halogens is 1. The zero-order chi connectivity index (χ0) is 20.8. The van der Waals surface area contributed by atoms with E-state index in [1.165, 1.54) is 18.6 Å². The smallest absolute Gasteiger partial charge is 0.338 e. The zero-order valence-corrected chi connectivity index (χ0v) is 16.8. The Morgan fingerprint density at radius 1 is 1.29 bits per heavy atom. The Hall–Kier alpha value is -2.11. The fourth-order valence-electron chi connectivity index (χ4n) is 2.85. The summed E-state index contributed by atoms with van der Waals surface area (Å²) in [5.41, 5.74) is -0.979. The number of benzene rings is 1. The molecule has 1 aromatic rings. The molecule has 0 radical (unpaired) electrons. The van der Waals surface area contributed by atoms with E-state index in [4.69, 9.17) is 9.47 Å². The molecule has 28 heavy (non-hydrogen) atoms. The van der Waals surface area contributed by atoms with Gasteiger partial charge in [-0.05, 0) is 44.9 Å². The van der Waals surface area contributed by atoms with E-state index >= 15 is 0 Å². The summed E-state index contributed by atoms with van der Waals surface area (Å²) in [4.78, 5) is 12.0. The molecule has 0 aliphatic heterocycles. The molecule has 8 heteroatoms. The number of ether oxygens (including phenoxy) is 2. The summed E-state index contributed by atoms with van der Waals surface area (Å²) in [5.74, 6) is 4.05. The van der Waals surface area contributed by atoms with Crippen LogP contribution in [0.1, 0.15) is 56.3 Å². The molecule has 0 N–H and O–H groups in total. The SMILES string of the molecule is CC(C)(C#CC1CCCCC1)Oc1cc(C(=O)OCCS(=O)(=O)[O-])ccc1F. The molecule has 0 unspecified atom stereocenters. The Morgan fingerprint density at radius 2 is 1.96 bits per heavy atom. The third kappa shape index (κ3) is 7.49. The quantitative estimate of drug-likeness (QED) is 0.405. The second kappa shape index (κ2) is 9.39. The average Bonchev–Trinajstić information content (AvgIpc) is 2.61. The van der Waals surface area contributed by atoms with E-state index in [1.807, 2.05) is 0 Å². The van der Waals surface area contributed by atoms with E-state index in [2.05, 4.69) is 11.8 Å². The molecule has 0 saturated heterocycles. The molecule has 0 bridgehead atoms. The molecular weight excluding hydrogens is 387 g/mol. The standard InChI is InChI=1S/C20H25FO6S/c1-20(2,11-10-15-6-4-3-5-7-15)27-18-14-16(8-9-17(18)21)19(22)26-12-13-28(23,24)25/h8-9,14-15H,3-7,12-13H2,1-2H3,(H,23,24,25)/p-1. The molecule has 1 aromatic carbocycles. The van der Waals surface area contributed by atoms with E-state index in [-0.39, 0.29) is 11.3 Å². The van der Waals surface area contributed by atoms with E-state index in [1.54, 1.807) is 13.8 Å². The van der Waals surface area contributed by atoms with Crippen LogP contribution in [0.3, 0.4) is 0 Å². The van der Waals surface area contributed by atoms with Gasteiger partial charge in [0.1, 0.15) is 6.61 Å². The number of carbonyl (C=O) groups excluding carboxylic acids is 1. The second-order valence-electron chi connectivity index (χ2n) is 7.26. The summed E-state index contributed by atoms with van der Waals surface area (Å²) in [6.45, 7) is 2.86. The van der Waals surface area contributed by atoms with Crippen LogP contribution in [0.2, 0.25) is 0 Å². The van der Waals surface area contributed by atoms with Gasteiger partial charge in [0.15, 0.2) is 17.2 Å². The van der Waals surface area contributed by atoms with E-state index in [0.717, 1.165) is 31.7 Å². The summed E-state index contributed by atoms with van der Waals surface area (Å²) < 4.78 is 56.2. The minimum Gasteiger partial charge on any atom is -0.748 e. The number of hydrogen-bond donors (Lipinski definition) is 0. The first-order valence-corrected chi connectivity index (χ1v) is 10.8. The van der Waals surface area contributed by atoms with Gasteiger partial charge in [-0.1, -0.05) is 31.1 Å². The lowest BCUT2D eigenvalue weighted by molar-refractivity contribution is 0.0526. The second-order valence-corrected chi connectivity index (χ2v) is 8.78. The highest BCUT2D eigenvalue weighted by Gasteiger charge is 2.21. The molecule has 154 valence electrons. The fourth-order valence-corrected chi connectivity index (χ4v) is 3.14. The van der Waals surface area contributed by atoms with Gasteiger partial charge < -0.3 is 14.0 Å². The van der Waals surface area contributed by atoms with Crippen molar-refractivity contribution in [3.8, 4) is 17.6 Å². The minimum atomic E-state index is -4.48. The molecule has 1 aliphatic rings. The van der Waals surface area contributed by atoms with E-state index < -0.39 is 39.9 Å². The molecule has 6 nitrogen and oxygen atoms in total. The van der Waals surface area contributed by atoms with Gasteiger partial charge in [-0.25, -0.2) is 17.6 Å². The summed E-state index contributed by atoms with van der Waals surface area (Å²) in [7, 11) is -4.48. The average molecular weight is 411 g/mol. The van der Waals surface area contributed by atoms with Gasteiger partial charge in [0.2, 0.25) is 0 Å². The van der Waals surface area contributed by atoms with Crippen molar-refractivity contribution in [2.75, 3.05) is 12.4 Å². The summed E-state index contributed by atoms with van der Waals surface area (Å²) in [5, 5.41) is 0. The van der Waals surface area contributed by atoms with Crippen LogP contribution >= 0.6 is 0 Å². The first-order valence-electron chi connectivity index (χ1n) is 9.18. The van der Waals surface area contributed by atoms with Crippen molar-refractivity contribution in [2.45, 2.75) is 51.6 Å². The van der Waals surface area contributed by atoms with Crippen LogP contribution in [0.5, 0.6) is 5.75 Å². The van der Waals surface area contributed by atoms with Gasteiger partial charge in [0.25, 0.3) is 0 Å². The number of carbonyl (C=O) groups is 1. The third-order valence-electron chi connectivity index (χ3n) is 4.28. The lowest BCUT2D eigenvalue weighted by atomic mass is 9.89. The van der Waals surface area contributed by atoms with Gasteiger partial charge in [-0.3, -0.25) is 0 Å². The first-order chi connectivity index (χ1) is 13.1. The Balaban J connectivity index is 2.05. The molecule has 0 spiro atoms. The maximum atomic E-state index is 14.1. The van der Waals surface area contributed by atoms with Gasteiger partial charge in [0.05, 0.1) is 21.4 Å². The maximum Gasteiger partial charge on any atom is 0.338 e. The Morgan fingerprint density at radius 3 is 2.61 bits per heavy atom. The monoisotopic (exact) mass is 411 g/mol. The third-order valence-corrected chi connectivity index (χ3v) is 4.95. The largest absolute Gasteiger partial charge is 0.748 e. The first kappa shape index (κ1) is 22.2. The Labute approximate surface area is 165 Å². The van der Waals surface area contributed by atoms with Crippen LogP contribution in [0, 0.1) is 23.6 Å². The molecule has 1 aliphatic carbocycles. The maximum absolute atomic E-state index is 14.1. The van der Waals surface area contributed by atoms with Crippen molar-refractivity contribution in [1.29, 1.82) is 0 Å². The minimum absolute atomic E-state index is 0.0178. The van der Waals surface area contributed by atoms with E-state index in [9.17, 15) is 22.2 Å². The molecule has 0 amide bonds. The summed E-state index contributed by atoms with van der Waals surface area (Å²) in [6.07, 6.45) is 5.66. The predicted molar refractivity (Wildman–Crippen MR) is 100 cm³/mol. The van der Waals surface area contributed by atoms with Crippen LogP contribution in [0.15, 0.2) is 18.2 Å². The lowest BCUT2D eigenvalue weighted by Gasteiger charge is -2.22. The van der Waals surface area contributed by atoms with Crippen molar-refractivity contribution in [2.24, 2.45) is 5.92 Å². The fraction of sp³-hybridized carbons (Fsp3) is 0.550. The van der Waals surface area contributed by atoms with Gasteiger partial charge in [-0.2, -0.15) is 0 Å². The zero-order valence-electron chi connectivity index (χ0n) is 16.0. The highest BCUT2D eigenvalue weighted by atomic mass is 32.2. The molecule has 1 fully saturated rings. The molecule has 0 heterocycles. The van der Waals surface area contributed by atoms with Crippen LogP contribution < -0.4 is 4.74 Å². The van der Waals surface area contributed by atoms with Gasteiger partial charge in [-0.15, -0.1) is 0 Å². The molecule has 0 aromatic heterocycles. The highest BCUT2D eigenvalue weighted by Crippen LogP contribution is 2.26. The molecule has 2 rings (SSSR count). The van der Waals surface area contributed by atoms with Crippen molar-refractivity contribution >= 4 is 16.1 Å². The lowest BCUT2D eigenvalue weighted by Crippen LogP contribution is -2.27. The van der Waals surface area contributed by atoms with E-state index in [0.29, 0.717) is 5.92 Å². The van der Waals surface area contributed by atoms with Crippen LogP contribution in [-0.4, -0.2) is 36.9 Å². The topological polar surface area (TPSA) is 92.7 Å². The highest BCUT2D eigenvalue weighted by molar-refractivity contribution is 7.85. The van der Waals surface area contributed by atoms with Crippen molar-refractivity contribution in [3.05, 3.63) is 29.6 Å². The van der Waals surface area contributed by atoms with Crippen molar-refractivity contribution in [1.82, 2.24) is 0 Å². The molecule has 0 atom stereocenters. The summed E-state index contributed by atoms with van der Waals surface area (Å²) in [6, 6.07) is 3.42. The van der Waals surface area contributed by atoms with Crippen LogP contribution in [-0.2, 0) is 14.9 Å². The molecular formula is C20H24FO6S-. The van der Waals surface area contributed by atoms with Crippen LogP contribution in [0.25, 0.3) is 0 Å². The predicted octanol–water partition coefficient (Wildman–Crippen LogP) is 3.27. The van der Waals surface area contributed by atoms with Gasteiger partial charge >= 0.3 is 5.97 Å². The van der Waals surface area contributed by atoms with Crippen molar-refractivity contribution in [3.63, 3.8) is 0 Å². The number of rotatable bonds is 6. The normalized spacial score (nSPS) is 15.4. The van der Waals surface area contributed by atoms with Crippen LogP contribution in [0.4, 0.5) is 4.39 Å². The summed E-state index contributed by atoms with van der Waals surface area (Å²) >= 11 is 0. The van der Waals surface area contributed by atoms with Crippen molar-refractivity contribution < 1.29 is 31.6 Å². The number of hydrogen-bond acceptors (Lipinski definition) is 6. The Kier molecular flexibility index (Phi) is 7.44.